The minimum absolute atomic E-state index is 0.0305. The second kappa shape index (κ2) is 4.30. The highest BCUT2D eigenvalue weighted by Gasteiger charge is 2.26. The number of benzene rings is 1. The van der Waals surface area contributed by atoms with E-state index in [1.807, 2.05) is 12.1 Å². The first-order valence-corrected chi connectivity index (χ1v) is 5.22. The zero-order valence-corrected chi connectivity index (χ0v) is 8.83. The van der Waals surface area contributed by atoms with Crippen LogP contribution in [0, 0.1) is 6.92 Å². The molecule has 1 heterocycles. The summed E-state index contributed by atoms with van der Waals surface area (Å²) in [6.07, 6.45) is -0.206. The van der Waals surface area contributed by atoms with Crippen LogP contribution in [-0.4, -0.2) is 18.6 Å². The van der Waals surface area contributed by atoms with Crippen LogP contribution >= 0.6 is 11.6 Å². The van der Waals surface area contributed by atoms with Gasteiger partial charge in [0.2, 0.25) is 0 Å². The Morgan fingerprint density at radius 2 is 2.07 bits per heavy atom. The predicted molar refractivity (Wildman–Crippen MR) is 55.5 cm³/mol. The van der Waals surface area contributed by atoms with Gasteiger partial charge >= 0.3 is 0 Å². The minimum atomic E-state index is -0.237. The number of hydrogen-bond donors (Lipinski definition) is 0. The third-order valence-corrected chi connectivity index (χ3v) is 2.62. The van der Waals surface area contributed by atoms with Crippen LogP contribution in [0.25, 0.3) is 0 Å². The Morgan fingerprint density at radius 1 is 1.36 bits per heavy atom. The van der Waals surface area contributed by atoms with Gasteiger partial charge < -0.3 is 9.47 Å². The van der Waals surface area contributed by atoms with Crippen molar-refractivity contribution in [2.75, 3.05) is 12.5 Å². The monoisotopic (exact) mass is 212 g/mol. The van der Waals surface area contributed by atoms with Crippen LogP contribution in [0.1, 0.15) is 17.4 Å². The summed E-state index contributed by atoms with van der Waals surface area (Å²) < 4.78 is 11.1. The summed E-state index contributed by atoms with van der Waals surface area (Å²) in [5.74, 6) is 0.488. The van der Waals surface area contributed by atoms with E-state index in [9.17, 15) is 0 Å². The van der Waals surface area contributed by atoms with Crippen molar-refractivity contribution >= 4 is 11.6 Å². The highest BCUT2D eigenvalue weighted by molar-refractivity contribution is 6.18. The Morgan fingerprint density at radius 3 is 2.64 bits per heavy atom. The molecular weight excluding hydrogens is 200 g/mol. The van der Waals surface area contributed by atoms with Gasteiger partial charge in [0.15, 0.2) is 6.29 Å². The molecule has 1 saturated heterocycles. The van der Waals surface area contributed by atoms with Gasteiger partial charge in [-0.1, -0.05) is 29.8 Å². The maximum absolute atomic E-state index is 5.68. The van der Waals surface area contributed by atoms with E-state index in [-0.39, 0.29) is 12.4 Å². The van der Waals surface area contributed by atoms with E-state index in [1.54, 1.807) is 0 Å². The van der Waals surface area contributed by atoms with Crippen molar-refractivity contribution in [2.24, 2.45) is 0 Å². The molecule has 2 nitrogen and oxygen atoms in total. The summed E-state index contributed by atoms with van der Waals surface area (Å²) in [7, 11) is 0. The van der Waals surface area contributed by atoms with E-state index in [0.717, 1.165) is 5.56 Å². The Kier molecular flexibility index (Phi) is 3.06. The molecule has 1 aromatic carbocycles. The van der Waals surface area contributed by atoms with Gasteiger partial charge in [0.1, 0.15) is 0 Å². The number of alkyl halides is 1. The zero-order chi connectivity index (χ0) is 9.97. The lowest BCUT2D eigenvalue weighted by Gasteiger charge is -2.10. The average molecular weight is 213 g/mol. The number of hydrogen-bond acceptors (Lipinski definition) is 2. The van der Waals surface area contributed by atoms with E-state index in [2.05, 4.69) is 19.1 Å². The standard InChI is InChI=1S/C11H13ClO2/c1-8-2-4-9(5-3-8)11-13-7-10(6-12)14-11/h2-5,10-11H,6-7H2,1H3. The van der Waals surface area contributed by atoms with Crippen molar-refractivity contribution in [3.05, 3.63) is 35.4 Å². The van der Waals surface area contributed by atoms with Gasteiger partial charge in [-0.05, 0) is 6.92 Å². The molecule has 14 heavy (non-hydrogen) atoms. The van der Waals surface area contributed by atoms with Crippen molar-refractivity contribution in [1.29, 1.82) is 0 Å². The van der Waals surface area contributed by atoms with Gasteiger partial charge in [0, 0.05) is 5.56 Å². The summed E-state index contributed by atoms with van der Waals surface area (Å²) in [6.45, 7) is 2.64. The number of rotatable bonds is 2. The molecule has 76 valence electrons. The molecule has 1 aliphatic rings. The summed E-state index contributed by atoms with van der Waals surface area (Å²) in [6, 6.07) is 8.15. The molecule has 3 heteroatoms. The van der Waals surface area contributed by atoms with Crippen molar-refractivity contribution in [3.8, 4) is 0 Å². The molecule has 2 rings (SSSR count). The molecule has 2 unspecified atom stereocenters. The summed E-state index contributed by atoms with van der Waals surface area (Å²) in [4.78, 5) is 0. The molecule has 0 saturated carbocycles. The van der Waals surface area contributed by atoms with Gasteiger partial charge in [0.05, 0.1) is 18.6 Å². The molecule has 0 bridgehead atoms. The fraction of sp³-hybridized carbons (Fsp3) is 0.455. The van der Waals surface area contributed by atoms with Gasteiger partial charge in [-0.25, -0.2) is 0 Å². The first kappa shape index (κ1) is 9.97. The zero-order valence-electron chi connectivity index (χ0n) is 8.07. The second-order valence-corrected chi connectivity index (χ2v) is 3.80. The number of halogens is 1. The van der Waals surface area contributed by atoms with E-state index in [1.165, 1.54) is 5.56 Å². The Balaban J connectivity index is 2.06. The molecule has 0 N–H and O–H groups in total. The smallest absolute Gasteiger partial charge is 0.184 e. The Hall–Kier alpha value is -0.570. The van der Waals surface area contributed by atoms with Crippen LogP contribution in [0.3, 0.4) is 0 Å². The van der Waals surface area contributed by atoms with Crippen LogP contribution < -0.4 is 0 Å². The first-order chi connectivity index (χ1) is 6.79. The van der Waals surface area contributed by atoms with Gasteiger partial charge in [-0.15, -0.1) is 11.6 Å². The molecule has 1 aliphatic heterocycles. The molecule has 0 radical (unpaired) electrons. The third-order valence-electron chi connectivity index (χ3n) is 2.27. The first-order valence-electron chi connectivity index (χ1n) is 4.69. The topological polar surface area (TPSA) is 18.5 Å². The molecular formula is C11H13ClO2. The molecule has 0 aliphatic carbocycles. The van der Waals surface area contributed by atoms with E-state index >= 15 is 0 Å². The van der Waals surface area contributed by atoms with Crippen molar-refractivity contribution < 1.29 is 9.47 Å². The number of ether oxygens (including phenoxy) is 2. The minimum Gasteiger partial charge on any atom is -0.346 e. The number of aryl methyl sites for hydroxylation is 1. The lowest BCUT2D eigenvalue weighted by Crippen LogP contribution is -2.10. The molecule has 0 amide bonds. The van der Waals surface area contributed by atoms with Gasteiger partial charge in [-0.2, -0.15) is 0 Å². The van der Waals surface area contributed by atoms with Crippen LogP contribution in [0.5, 0.6) is 0 Å². The Bertz CT molecular complexity index is 297. The summed E-state index contributed by atoms with van der Waals surface area (Å²) in [5, 5.41) is 0. The van der Waals surface area contributed by atoms with Crippen LogP contribution in [0.4, 0.5) is 0 Å². The largest absolute Gasteiger partial charge is 0.346 e. The SMILES string of the molecule is Cc1ccc(C2OCC(CCl)O2)cc1. The summed E-state index contributed by atoms with van der Waals surface area (Å²) in [5.41, 5.74) is 2.30. The predicted octanol–water partition coefficient (Wildman–Crippen LogP) is 2.65. The Labute approximate surface area is 88.8 Å². The normalized spacial score (nSPS) is 26.7. The van der Waals surface area contributed by atoms with Crippen molar-refractivity contribution in [2.45, 2.75) is 19.3 Å². The lowest BCUT2D eigenvalue weighted by molar-refractivity contribution is -0.0567. The fourth-order valence-electron chi connectivity index (χ4n) is 1.43. The fourth-order valence-corrected chi connectivity index (χ4v) is 1.59. The second-order valence-electron chi connectivity index (χ2n) is 3.49. The maximum Gasteiger partial charge on any atom is 0.184 e. The van der Waals surface area contributed by atoms with Crippen LogP contribution in [-0.2, 0) is 9.47 Å². The van der Waals surface area contributed by atoms with Crippen LogP contribution in [0.2, 0.25) is 0 Å². The van der Waals surface area contributed by atoms with Crippen molar-refractivity contribution in [3.63, 3.8) is 0 Å². The molecule has 2 atom stereocenters. The highest BCUT2D eigenvalue weighted by atomic mass is 35.5. The van der Waals surface area contributed by atoms with Crippen molar-refractivity contribution in [1.82, 2.24) is 0 Å². The quantitative estimate of drug-likeness (QED) is 0.702. The molecule has 1 aromatic rings. The average Bonchev–Trinajstić information content (AvgIpc) is 2.67. The maximum atomic E-state index is 5.68. The summed E-state index contributed by atoms with van der Waals surface area (Å²) >= 11 is 5.68. The van der Waals surface area contributed by atoms with E-state index in [0.29, 0.717) is 12.5 Å². The lowest BCUT2D eigenvalue weighted by atomic mass is 10.1. The highest BCUT2D eigenvalue weighted by Crippen LogP contribution is 2.27. The van der Waals surface area contributed by atoms with E-state index < -0.39 is 0 Å². The third kappa shape index (κ3) is 2.08. The molecule has 0 aromatic heterocycles. The van der Waals surface area contributed by atoms with Crippen LogP contribution in [0.15, 0.2) is 24.3 Å². The van der Waals surface area contributed by atoms with E-state index in [4.69, 9.17) is 21.1 Å². The van der Waals surface area contributed by atoms with Gasteiger partial charge in [-0.3, -0.25) is 0 Å². The van der Waals surface area contributed by atoms with Gasteiger partial charge in [0.25, 0.3) is 0 Å². The molecule has 0 spiro atoms. The molecule has 1 fully saturated rings.